The van der Waals surface area contributed by atoms with Crippen LogP contribution in [0.1, 0.15) is 0 Å². The van der Waals surface area contributed by atoms with E-state index in [1.807, 2.05) is 5.40 Å². The average Bonchev–Trinajstić information content (AvgIpc) is 2.09. The molecule has 0 amide bonds. The van der Waals surface area contributed by atoms with Gasteiger partial charge in [0.2, 0.25) is 0 Å². The predicted octanol–water partition coefficient (Wildman–Crippen LogP) is 3.54. The first-order valence-electron chi connectivity index (χ1n) is 3.33. The van der Waals surface area contributed by atoms with Gasteiger partial charge in [0, 0.05) is 5.02 Å². The van der Waals surface area contributed by atoms with Crippen LogP contribution in [0.4, 0.5) is 0 Å². The summed E-state index contributed by atoms with van der Waals surface area (Å²) in [5, 5.41) is 11.1. The van der Waals surface area contributed by atoms with Gasteiger partial charge in [0.05, 0.1) is 5.02 Å². The quantitative estimate of drug-likeness (QED) is 0.455. The minimum atomic E-state index is 0.262. The van der Waals surface area contributed by atoms with Crippen LogP contribution in [-0.4, -0.2) is 5.94 Å². The highest BCUT2D eigenvalue weighted by molar-refractivity contribution is 8.03. The topological polar surface area (TPSA) is 33.0 Å². The summed E-state index contributed by atoms with van der Waals surface area (Å²) in [5.41, 5.74) is 0. The Labute approximate surface area is 90.4 Å². The number of benzene rings is 1. The Kier molecular flexibility index (Phi) is 4.23. The highest BCUT2D eigenvalue weighted by atomic mass is 35.5. The Hall–Kier alpha value is -0.560. The first kappa shape index (κ1) is 10.5. The third-order valence-corrected chi connectivity index (χ3v) is 2.13. The second-order valence-electron chi connectivity index (χ2n) is 2.07. The lowest BCUT2D eigenvalue weighted by molar-refractivity contribution is 0.394. The molecule has 0 spiro atoms. The number of thioether (sulfide) groups is 1. The zero-order valence-electron chi connectivity index (χ0n) is 6.46. The Morgan fingerprint density at radius 1 is 1.46 bits per heavy atom. The second-order valence-corrected chi connectivity index (χ2v) is 3.62. The molecule has 0 aliphatic carbocycles. The molecule has 0 radical (unpaired) electrons. The van der Waals surface area contributed by atoms with Crippen molar-refractivity contribution in [3.63, 3.8) is 0 Å². The molecular formula is C8H5Cl2NOS. The fourth-order valence-electron chi connectivity index (χ4n) is 0.712. The van der Waals surface area contributed by atoms with Crippen molar-refractivity contribution < 1.29 is 4.74 Å². The molecule has 0 heterocycles. The maximum Gasteiger partial charge on any atom is 0.148 e. The third kappa shape index (κ3) is 3.35. The van der Waals surface area contributed by atoms with Gasteiger partial charge in [-0.05, 0) is 30.0 Å². The number of nitriles is 1. The predicted molar refractivity (Wildman–Crippen MR) is 55.2 cm³/mol. The lowest BCUT2D eigenvalue weighted by Crippen LogP contribution is -1.91. The van der Waals surface area contributed by atoms with Crippen LogP contribution in [0.25, 0.3) is 0 Å². The Morgan fingerprint density at radius 2 is 2.23 bits per heavy atom. The van der Waals surface area contributed by atoms with Gasteiger partial charge in [-0.15, -0.1) is 0 Å². The third-order valence-electron chi connectivity index (χ3n) is 1.23. The fraction of sp³-hybridized carbons (Fsp3) is 0.125. The summed E-state index contributed by atoms with van der Waals surface area (Å²) in [6.45, 7) is 0. The number of hydrogen-bond acceptors (Lipinski definition) is 3. The summed E-state index contributed by atoms with van der Waals surface area (Å²) in [7, 11) is 0. The van der Waals surface area contributed by atoms with Crippen LogP contribution in [0.15, 0.2) is 18.2 Å². The zero-order chi connectivity index (χ0) is 9.68. The Morgan fingerprint density at radius 3 is 2.85 bits per heavy atom. The average molecular weight is 234 g/mol. The van der Waals surface area contributed by atoms with Crippen molar-refractivity contribution in [3.05, 3.63) is 28.2 Å². The second kappa shape index (κ2) is 5.23. The lowest BCUT2D eigenvalue weighted by Gasteiger charge is -2.04. The van der Waals surface area contributed by atoms with Gasteiger partial charge in [0.15, 0.2) is 0 Å². The molecule has 13 heavy (non-hydrogen) atoms. The summed E-state index contributed by atoms with van der Waals surface area (Å²) in [5.74, 6) is 0.798. The van der Waals surface area contributed by atoms with Crippen molar-refractivity contribution in [2.24, 2.45) is 0 Å². The van der Waals surface area contributed by atoms with Gasteiger partial charge in [0.25, 0.3) is 0 Å². The highest BCUT2D eigenvalue weighted by Crippen LogP contribution is 2.27. The number of rotatable bonds is 3. The van der Waals surface area contributed by atoms with Crippen molar-refractivity contribution in [3.8, 4) is 11.2 Å². The molecule has 0 N–H and O–H groups in total. The van der Waals surface area contributed by atoms with E-state index in [0.29, 0.717) is 15.8 Å². The summed E-state index contributed by atoms with van der Waals surface area (Å²) in [6.07, 6.45) is 0. The van der Waals surface area contributed by atoms with Crippen molar-refractivity contribution >= 4 is 35.0 Å². The summed E-state index contributed by atoms with van der Waals surface area (Å²) < 4.78 is 5.18. The van der Waals surface area contributed by atoms with E-state index in [1.54, 1.807) is 18.2 Å². The maximum atomic E-state index is 8.24. The monoisotopic (exact) mass is 233 g/mol. The van der Waals surface area contributed by atoms with E-state index in [1.165, 1.54) is 0 Å². The molecule has 0 saturated heterocycles. The normalized spacial score (nSPS) is 9.31. The van der Waals surface area contributed by atoms with Gasteiger partial charge in [-0.25, -0.2) is 0 Å². The first-order chi connectivity index (χ1) is 6.24. The molecule has 0 unspecified atom stereocenters. The van der Waals surface area contributed by atoms with Crippen LogP contribution in [0.5, 0.6) is 5.75 Å². The number of nitrogens with zero attached hydrogens (tertiary/aromatic N) is 1. The largest absolute Gasteiger partial charge is 0.480 e. The van der Waals surface area contributed by atoms with E-state index in [-0.39, 0.29) is 5.94 Å². The standard InChI is InChI=1S/C8H5Cl2NOS/c9-6-1-2-8(7(10)3-6)12-5-13-4-11/h1-3H,5H2. The summed E-state index contributed by atoms with van der Waals surface area (Å²) in [4.78, 5) is 0. The molecule has 1 aromatic rings. The molecular weight excluding hydrogens is 229 g/mol. The van der Waals surface area contributed by atoms with Crippen LogP contribution in [-0.2, 0) is 0 Å². The smallest absolute Gasteiger partial charge is 0.148 e. The molecule has 68 valence electrons. The van der Waals surface area contributed by atoms with E-state index in [0.717, 1.165) is 11.8 Å². The van der Waals surface area contributed by atoms with Crippen LogP contribution in [0.3, 0.4) is 0 Å². The molecule has 0 aliphatic rings. The first-order valence-corrected chi connectivity index (χ1v) is 5.07. The minimum absolute atomic E-state index is 0.262. The highest BCUT2D eigenvalue weighted by Gasteiger charge is 2.01. The molecule has 0 saturated carbocycles. The Balaban J connectivity index is 2.62. The van der Waals surface area contributed by atoms with Crippen molar-refractivity contribution in [1.82, 2.24) is 0 Å². The van der Waals surface area contributed by atoms with Crippen LogP contribution in [0, 0.1) is 10.7 Å². The minimum Gasteiger partial charge on any atom is -0.480 e. The maximum absolute atomic E-state index is 8.24. The van der Waals surface area contributed by atoms with E-state index in [4.69, 9.17) is 33.2 Å². The van der Waals surface area contributed by atoms with E-state index in [2.05, 4.69) is 0 Å². The van der Waals surface area contributed by atoms with Gasteiger partial charge < -0.3 is 4.74 Å². The molecule has 0 aromatic heterocycles. The molecule has 0 aliphatic heterocycles. The van der Waals surface area contributed by atoms with Gasteiger partial charge in [-0.1, -0.05) is 23.2 Å². The van der Waals surface area contributed by atoms with Gasteiger partial charge in [0.1, 0.15) is 17.1 Å². The summed E-state index contributed by atoms with van der Waals surface area (Å²) in [6, 6.07) is 4.94. The fourth-order valence-corrected chi connectivity index (χ4v) is 1.41. The SMILES string of the molecule is N#CSCOc1ccc(Cl)cc1Cl. The molecule has 0 atom stereocenters. The van der Waals surface area contributed by atoms with Crippen LogP contribution >= 0.6 is 35.0 Å². The lowest BCUT2D eigenvalue weighted by atomic mass is 10.3. The van der Waals surface area contributed by atoms with Crippen LogP contribution < -0.4 is 4.74 Å². The summed E-state index contributed by atoms with van der Waals surface area (Å²) >= 11 is 12.5. The van der Waals surface area contributed by atoms with Crippen molar-refractivity contribution in [2.75, 3.05) is 5.94 Å². The molecule has 0 fully saturated rings. The van der Waals surface area contributed by atoms with E-state index < -0.39 is 0 Å². The number of hydrogen-bond donors (Lipinski definition) is 0. The van der Waals surface area contributed by atoms with E-state index in [9.17, 15) is 0 Å². The number of thiocyanates is 1. The van der Waals surface area contributed by atoms with Crippen molar-refractivity contribution in [2.45, 2.75) is 0 Å². The molecule has 1 aromatic carbocycles. The van der Waals surface area contributed by atoms with Gasteiger partial charge in [-0.2, -0.15) is 5.26 Å². The molecule has 1 rings (SSSR count). The number of ether oxygens (including phenoxy) is 1. The van der Waals surface area contributed by atoms with Crippen LogP contribution in [0.2, 0.25) is 10.0 Å². The number of halogens is 2. The molecule has 0 bridgehead atoms. The molecule has 5 heteroatoms. The van der Waals surface area contributed by atoms with E-state index >= 15 is 0 Å². The Bertz CT molecular complexity index is 337. The van der Waals surface area contributed by atoms with Gasteiger partial charge >= 0.3 is 0 Å². The zero-order valence-corrected chi connectivity index (χ0v) is 8.79. The van der Waals surface area contributed by atoms with Crippen molar-refractivity contribution in [1.29, 1.82) is 5.26 Å². The van der Waals surface area contributed by atoms with Gasteiger partial charge in [-0.3, -0.25) is 0 Å². The molecule has 2 nitrogen and oxygen atoms in total.